The van der Waals surface area contributed by atoms with Gasteiger partial charge in [0.25, 0.3) is 0 Å². The Morgan fingerprint density at radius 1 is 1.21 bits per heavy atom. The van der Waals surface area contributed by atoms with Gasteiger partial charge in [-0.05, 0) is 30.5 Å². The van der Waals surface area contributed by atoms with E-state index in [1.807, 2.05) is 6.07 Å². The third-order valence-electron chi connectivity index (χ3n) is 4.08. The van der Waals surface area contributed by atoms with Crippen LogP contribution in [0.1, 0.15) is 12.0 Å². The van der Waals surface area contributed by atoms with Crippen molar-refractivity contribution in [3.05, 3.63) is 54.4 Å². The normalized spacial score (nSPS) is 17.8. The van der Waals surface area contributed by atoms with Crippen LogP contribution in [0.4, 0.5) is 0 Å². The zero-order valence-electron chi connectivity index (χ0n) is 13.6. The van der Waals surface area contributed by atoms with Crippen molar-refractivity contribution < 1.29 is 4.79 Å². The molecule has 1 atom stereocenters. The van der Waals surface area contributed by atoms with Crippen molar-refractivity contribution in [2.75, 3.05) is 25.4 Å². The van der Waals surface area contributed by atoms with E-state index in [0.29, 0.717) is 16.8 Å². The van der Waals surface area contributed by atoms with Gasteiger partial charge in [0.2, 0.25) is 5.91 Å². The van der Waals surface area contributed by atoms with Crippen LogP contribution in [0.25, 0.3) is 0 Å². The van der Waals surface area contributed by atoms with Gasteiger partial charge in [-0.2, -0.15) is 0 Å². The Kier molecular flexibility index (Phi) is 6.20. The van der Waals surface area contributed by atoms with Crippen molar-refractivity contribution in [2.24, 2.45) is 5.92 Å². The van der Waals surface area contributed by atoms with Crippen LogP contribution in [0.3, 0.4) is 0 Å². The topological polar surface area (TPSA) is 58.1 Å². The lowest BCUT2D eigenvalue weighted by Gasteiger charge is -2.16. The quantitative estimate of drug-likeness (QED) is 0.617. The first-order valence-corrected chi connectivity index (χ1v) is 9.21. The highest BCUT2D eigenvalue weighted by Crippen LogP contribution is 2.18. The Balaban J connectivity index is 1.34. The molecule has 1 N–H and O–H groups in total. The number of benzene rings is 1. The Hall–Kier alpha value is -1.92. The third kappa shape index (κ3) is 5.32. The summed E-state index contributed by atoms with van der Waals surface area (Å²) in [7, 11) is 0. The Bertz CT molecular complexity index is 638. The van der Waals surface area contributed by atoms with Gasteiger partial charge in [0.15, 0.2) is 5.16 Å². The van der Waals surface area contributed by atoms with Gasteiger partial charge >= 0.3 is 0 Å². The number of carbonyl (C=O) groups is 1. The van der Waals surface area contributed by atoms with Crippen molar-refractivity contribution in [3.8, 4) is 0 Å². The summed E-state index contributed by atoms with van der Waals surface area (Å²) in [5, 5.41) is 3.68. The molecule has 1 aliphatic rings. The Morgan fingerprint density at radius 3 is 2.79 bits per heavy atom. The molecule has 1 saturated heterocycles. The van der Waals surface area contributed by atoms with Crippen LogP contribution >= 0.6 is 11.8 Å². The summed E-state index contributed by atoms with van der Waals surface area (Å²) >= 11 is 1.37. The van der Waals surface area contributed by atoms with Crippen molar-refractivity contribution in [1.82, 2.24) is 20.2 Å². The van der Waals surface area contributed by atoms with E-state index in [-0.39, 0.29) is 5.91 Å². The molecule has 5 nitrogen and oxygen atoms in total. The molecule has 1 amide bonds. The molecule has 2 aromatic rings. The van der Waals surface area contributed by atoms with Gasteiger partial charge in [-0.1, -0.05) is 42.1 Å². The molecular weight excluding hydrogens is 320 g/mol. The molecule has 0 aliphatic carbocycles. The average Bonchev–Trinajstić information content (AvgIpc) is 3.07. The molecule has 0 spiro atoms. The minimum absolute atomic E-state index is 0.0500. The van der Waals surface area contributed by atoms with E-state index in [1.54, 1.807) is 18.5 Å². The van der Waals surface area contributed by atoms with Crippen LogP contribution in [0.15, 0.2) is 53.9 Å². The molecule has 1 unspecified atom stereocenters. The van der Waals surface area contributed by atoms with E-state index >= 15 is 0 Å². The van der Waals surface area contributed by atoms with Crippen molar-refractivity contribution in [3.63, 3.8) is 0 Å². The molecule has 2 heterocycles. The predicted molar refractivity (Wildman–Crippen MR) is 95.6 cm³/mol. The maximum absolute atomic E-state index is 11.9. The van der Waals surface area contributed by atoms with E-state index in [1.165, 1.54) is 17.3 Å². The molecule has 6 heteroatoms. The van der Waals surface area contributed by atoms with Crippen LogP contribution in [0.5, 0.6) is 0 Å². The number of likely N-dealkylation sites (tertiary alicyclic amines) is 1. The van der Waals surface area contributed by atoms with Crippen molar-refractivity contribution in [2.45, 2.75) is 18.1 Å². The van der Waals surface area contributed by atoms with Gasteiger partial charge in [-0.3, -0.25) is 9.69 Å². The second-order valence-corrected chi connectivity index (χ2v) is 6.94. The molecule has 1 aliphatic heterocycles. The zero-order valence-corrected chi connectivity index (χ0v) is 14.4. The number of hydrogen-bond acceptors (Lipinski definition) is 5. The molecule has 126 valence electrons. The van der Waals surface area contributed by atoms with Gasteiger partial charge in [-0.15, -0.1) is 0 Å². The molecule has 0 saturated carbocycles. The second-order valence-electron chi connectivity index (χ2n) is 6.00. The third-order valence-corrected chi connectivity index (χ3v) is 4.96. The molecule has 3 rings (SSSR count). The summed E-state index contributed by atoms with van der Waals surface area (Å²) in [5.41, 5.74) is 1.35. The number of rotatable bonds is 7. The first kappa shape index (κ1) is 16.9. The number of aromatic nitrogens is 2. The van der Waals surface area contributed by atoms with Gasteiger partial charge in [0, 0.05) is 32.0 Å². The standard InChI is InChI=1S/C18H22N4OS/c23-17(14-24-18-19-8-4-9-20-18)21-11-16-7-10-22(13-16)12-15-5-2-1-3-6-15/h1-6,8-9,16H,7,10-14H2,(H,21,23). The minimum atomic E-state index is 0.0500. The Labute approximate surface area is 146 Å². The van der Waals surface area contributed by atoms with Crippen molar-refractivity contribution in [1.29, 1.82) is 0 Å². The fourth-order valence-electron chi connectivity index (χ4n) is 2.86. The highest BCUT2D eigenvalue weighted by Gasteiger charge is 2.22. The summed E-state index contributed by atoms with van der Waals surface area (Å²) < 4.78 is 0. The predicted octanol–water partition coefficient (Wildman–Crippen LogP) is 2.21. The smallest absolute Gasteiger partial charge is 0.230 e. The average molecular weight is 342 g/mol. The highest BCUT2D eigenvalue weighted by molar-refractivity contribution is 7.99. The van der Waals surface area contributed by atoms with Gasteiger partial charge < -0.3 is 5.32 Å². The molecular formula is C18H22N4OS. The summed E-state index contributed by atoms with van der Waals surface area (Å²) in [6.07, 6.45) is 4.52. The van der Waals surface area contributed by atoms with Gasteiger partial charge in [-0.25, -0.2) is 9.97 Å². The summed E-state index contributed by atoms with van der Waals surface area (Å²) in [6, 6.07) is 12.3. The lowest BCUT2D eigenvalue weighted by atomic mass is 10.1. The van der Waals surface area contributed by atoms with Gasteiger partial charge in [0.1, 0.15) is 0 Å². The van der Waals surface area contributed by atoms with Crippen LogP contribution in [-0.2, 0) is 11.3 Å². The maximum atomic E-state index is 11.9. The summed E-state index contributed by atoms with van der Waals surface area (Å²) in [6.45, 7) is 3.89. The SMILES string of the molecule is O=C(CSc1ncccn1)NCC1CCN(Cc2ccccc2)C1. The summed E-state index contributed by atoms with van der Waals surface area (Å²) in [5.74, 6) is 0.953. The molecule has 1 fully saturated rings. The van der Waals surface area contributed by atoms with Crippen LogP contribution in [0, 0.1) is 5.92 Å². The first-order chi connectivity index (χ1) is 11.8. The number of nitrogens with one attached hydrogen (secondary N) is 1. The lowest BCUT2D eigenvalue weighted by Crippen LogP contribution is -2.32. The first-order valence-electron chi connectivity index (χ1n) is 8.22. The summed E-state index contributed by atoms with van der Waals surface area (Å²) in [4.78, 5) is 22.6. The van der Waals surface area contributed by atoms with Crippen LogP contribution in [-0.4, -0.2) is 46.2 Å². The van der Waals surface area contributed by atoms with E-state index < -0.39 is 0 Å². The number of amides is 1. The fraction of sp³-hybridized carbons (Fsp3) is 0.389. The van der Waals surface area contributed by atoms with E-state index in [4.69, 9.17) is 0 Å². The number of hydrogen-bond donors (Lipinski definition) is 1. The molecule has 24 heavy (non-hydrogen) atoms. The molecule has 1 aromatic heterocycles. The van der Waals surface area contributed by atoms with E-state index in [0.717, 1.165) is 32.6 Å². The van der Waals surface area contributed by atoms with Gasteiger partial charge in [0.05, 0.1) is 5.75 Å². The molecule has 1 aromatic carbocycles. The maximum Gasteiger partial charge on any atom is 0.230 e. The minimum Gasteiger partial charge on any atom is -0.355 e. The number of thioether (sulfide) groups is 1. The number of nitrogens with zero attached hydrogens (tertiary/aromatic N) is 3. The lowest BCUT2D eigenvalue weighted by molar-refractivity contribution is -0.118. The second kappa shape index (κ2) is 8.80. The highest BCUT2D eigenvalue weighted by atomic mass is 32.2. The van der Waals surface area contributed by atoms with Crippen LogP contribution in [0.2, 0.25) is 0 Å². The van der Waals surface area contributed by atoms with E-state index in [9.17, 15) is 4.79 Å². The zero-order chi connectivity index (χ0) is 16.6. The van der Waals surface area contributed by atoms with Crippen molar-refractivity contribution >= 4 is 17.7 Å². The molecule has 0 radical (unpaired) electrons. The largest absolute Gasteiger partial charge is 0.355 e. The van der Waals surface area contributed by atoms with E-state index in [2.05, 4.69) is 44.5 Å². The Morgan fingerprint density at radius 2 is 2.00 bits per heavy atom. The fourth-order valence-corrected chi connectivity index (χ4v) is 3.50. The number of carbonyl (C=O) groups excluding carboxylic acids is 1. The monoisotopic (exact) mass is 342 g/mol. The molecule has 0 bridgehead atoms. The van der Waals surface area contributed by atoms with Crippen LogP contribution < -0.4 is 5.32 Å².